The molecule has 3 aromatic rings. The summed E-state index contributed by atoms with van der Waals surface area (Å²) < 4.78 is 17.9. The second-order valence-electron chi connectivity index (χ2n) is 13.1. The van der Waals surface area contributed by atoms with Gasteiger partial charge in [0.05, 0.1) is 30.8 Å². The third kappa shape index (κ3) is 6.08. The molecule has 1 saturated carbocycles. The van der Waals surface area contributed by atoms with Gasteiger partial charge in [0.15, 0.2) is 6.79 Å². The van der Waals surface area contributed by atoms with Crippen LogP contribution in [0.3, 0.4) is 0 Å². The molecule has 4 heterocycles. The number of nitrogens with zero attached hydrogens (tertiary/aromatic N) is 7. The van der Waals surface area contributed by atoms with Crippen LogP contribution in [0, 0.1) is 11.3 Å². The van der Waals surface area contributed by atoms with Gasteiger partial charge >= 0.3 is 6.01 Å². The maximum absolute atomic E-state index is 12.7. The van der Waals surface area contributed by atoms with E-state index in [-0.39, 0.29) is 30.8 Å². The quantitative estimate of drug-likeness (QED) is 0.236. The van der Waals surface area contributed by atoms with Crippen molar-refractivity contribution in [3.05, 3.63) is 60.3 Å². The predicted octanol–water partition coefficient (Wildman–Crippen LogP) is 4.30. The summed E-state index contributed by atoms with van der Waals surface area (Å²) in [7, 11) is 3.81. The van der Waals surface area contributed by atoms with Crippen molar-refractivity contribution < 1.29 is 19.0 Å². The van der Waals surface area contributed by atoms with Crippen molar-refractivity contribution in [1.82, 2.24) is 19.8 Å². The van der Waals surface area contributed by atoms with Gasteiger partial charge in [0.1, 0.15) is 17.2 Å². The molecule has 47 heavy (non-hydrogen) atoms. The van der Waals surface area contributed by atoms with E-state index >= 15 is 0 Å². The number of hydrogen-bond acceptors (Lipinski definition) is 10. The zero-order valence-electron chi connectivity index (χ0n) is 27.4. The molecule has 3 fully saturated rings. The van der Waals surface area contributed by atoms with Gasteiger partial charge in [-0.3, -0.25) is 9.69 Å². The molecule has 2 aromatic carbocycles. The minimum Gasteiger partial charge on any atom is -0.467 e. The second-order valence-corrected chi connectivity index (χ2v) is 13.1. The molecule has 4 aliphatic rings. The first-order chi connectivity index (χ1) is 22.9. The van der Waals surface area contributed by atoms with Gasteiger partial charge in [-0.1, -0.05) is 30.8 Å². The van der Waals surface area contributed by atoms with E-state index in [4.69, 9.17) is 24.2 Å². The minimum atomic E-state index is -0.257. The van der Waals surface area contributed by atoms with E-state index in [1.165, 1.54) is 12.5 Å². The van der Waals surface area contributed by atoms with Crippen LogP contribution in [0.4, 0.5) is 11.5 Å². The van der Waals surface area contributed by atoms with E-state index in [0.29, 0.717) is 38.2 Å². The number of amides is 1. The Morgan fingerprint density at radius 1 is 1.15 bits per heavy atom. The fourth-order valence-corrected chi connectivity index (χ4v) is 7.76. The van der Waals surface area contributed by atoms with Crippen molar-refractivity contribution in [2.24, 2.45) is 0 Å². The van der Waals surface area contributed by atoms with Gasteiger partial charge in [-0.15, -0.1) is 0 Å². The highest BCUT2D eigenvalue weighted by atomic mass is 16.7. The van der Waals surface area contributed by atoms with E-state index in [9.17, 15) is 10.1 Å². The molecule has 0 unspecified atom stereocenters. The van der Waals surface area contributed by atoms with Crippen LogP contribution in [-0.4, -0.2) is 97.0 Å². The largest absolute Gasteiger partial charge is 0.467 e. The van der Waals surface area contributed by atoms with Crippen LogP contribution < -0.4 is 19.3 Å². The molecule has 0 radical (unpaired) electrons. The molecule has 0 spiro atoms. The molecule has 3 aliphatic heterocycles. The van der Waals surface area contributed by atoms with Crippen LogP contribution in [0.5, 0.6) is 11.8 Å². The zero-order chi connectivity index (χ0) is 32.5. The minimum absolute atomic E-state index is 0.144. The molecular weight excluding hydrogens is 594 g/mol. The van der Waals surface area contributed by atoms with Gasteiger partial charge in [0.2, 0.25) is 5.91 Å². The topological polar surface area (TPSA) is 107 Å². The van der Waals surface area contributed by atoms with Gasteiger partial charge in [-0.05, 0) is 63.2 Å². The Kier molecular flexibility index (Phi) is 8.64. The number of methoxy groups -OCH3 is 1. The number of ether oxygens (including phenoxy) is 3. The SMILES string of the molecule is C=CC(=O)N1CCN(c2nc(OC3([C@@H]4CCCN4C)CC3)nc3c2CCN(c2cc(OCOC)cc4ccccc24)C3)C[C@@H]1CC#N. The average Bonchev–Trinajstić information content (AvgIpc) is 3.73. The number of likely N-dealkylation sites (N-methyl/N-ethyl adjacent to an activating group) is 1. The van der Waals surface area contributed by atoms with Crippen molar-refractivity contribution in [3.63, 3.8) is 0 Å². The maximum atomic E-state index is 12.7. The summed E-state index contributed by atoms with van der Waals surface area (Å²) in [5.41, 5.74) is 2.87. The molecule has 0 N–H and O–H groups in total. The fourth-order valence-electron chi connectivity index (χ4n) is 7.76. The number of hydrogen-bond donors (Lipinski definition) is 0. The van der Waals surface area contributed by atoms with Gasteiger partial charge in [-0.25, -0.2) is 0 Å². The standard InChI is InChI=1S/C36H43N7O4/c1-4-33(44)43-19-18-42(22-26(43)11-15-37)34-29-12-17-41(31-21-27(46-24-45-3)20-25-8-5-6-9-28(25)31)23-30(29)38-35(39-34)47-36(13-14-36)32-10-7-16-40(32)2/h4-6,8-9,20-21,26,32H,1,7,10-14,16-19,22-24H2,2-3H3/t26-,32-/m0/s1. The summed E-state index contributed by atoms with van der Waals surface area (Å²) in [6.07, 6.45) is 6.60. The van der Waals surface area contributed by atoms with Crippen molar-refractivity contribution in [2.75, 3.05) is 63.5 Å². The molecule has 1 aromatic heterocycles. The maximum Gasteiger partial charge on any atom is 0.319 e. The molecular formula is C36H43N7O4. The summed E-state index contributed by atoms with van der Waals surface area (Å²) in [6, 6.07) is 15.3. The van der Waals surface area contributed by atoms with E-state index in [1.54, 1.807) is 12.0 Å². The molecule has 11 nitrogen and oxygen atoms in total. The summed E-state index contributed by atoms with van der Waals surface area (Å²) in [6.45, 7) is 7.91. The van der Waals surface area contributed by atoms with Gasteiger partial charge in [0, 0.05) is 62.0 Å². The lowest BCUT2D eigenvalue weighted by Gasteiger charge is -2.42. The number of aromatic nitrogens is 2. The molecule has 246 valence electrons. The second kappa shape index (κ2) is 13.0. The molecule has 11 heteroatoms. The Hall–Kier alpha value is -4.40. The number of carbonyl (C=O) groups is 1. The molecule has 1 aliphatic carbocycles. The third-order valence-electron chi connectivity index (χ3n) is 10.3. The number of benzene rings is 2. The first-order valence-electron chi connectivity index (χ1n) is 16.7. The predicted molar refractivity (Wildman–Crippen MR) is 180 cm³/mol. The Morgan fingerprint density at radius 3 is 2.74 bits per heavy atom. The Morgan fingerprint density at radius 2 is 2.00 bits per heavy atom. The average molecular weight is 638 g/mol. The lowest BCUT2D eigenvalue weighted by Crippen LogP contribution is -2.55. The van der Waals surface area contributed by atoms with Crippen LogP contribution in [0.15, 0.2) is 49.1 Å². The highest BCUT2D eigenvalue weighted by Crippen LogP contribution is 2.48. The number of rotatable bonds is 10. The highest BCUT2D eigenvalue weighted by molar-refractivity contribution is 5.96. The zero-order valence-corrected chi connectivity index (χ0v) is 27.4. The monoisotopic (exact) mass is 637 g/mol. The van der Waals surface area contributed by atoms with Crippen LogP contribution >= 0.6 is 0 Å². The number of carbonyl (C=O) groups excluding carboxylic acids is 1. The Bertz CT molecular complexity index is 1700. The lowest BCUT2D eigenvalue weighted by atomic mass is 10.0. The normalized spacial score (nSPS) is 22.1. The van der Waals surface area contributed by atoms with Crippen molar-refractivity contribution in [2.45, 2.75) is 62.8 Å². The number of piperazine rings is 1. The number of nitriles is 1. The lowest BCUT2D eigenvalue weighted by molar-refractivity contribution is -0.128. The molecule has 2 atom stereocenters. The Labute approximate surface area is 276 Å². The number of anilines is 2. The van der Waals surface area contributed by atoms with Crippen molar-refractivity contribution >= 4 is 28.2 Å². The summed E-state index contributed by atoms with van der Waals surface area (Å²) >= 11 is 0. The fraction of sp³-hybridized carbons (Fsp3) is 0.500. The third-order valence-corrected chi connectivity index (χ3v) is 10.3. The molecule has 1 amide bonds. The van der Waals surface area contributed by atoms with E-state index in [0.717, 1.165) is 78.1 Å². The van der Waals surface area contributed by atoms with Crippen LogP contribution in [0.1, 0.15) is 43.4 Å². The van der Waals surface area contributed by atoms with Gasteiger partial charge < -0.3 is 28.9 Å². The van der Waals surface area contributed by atoms with Crippen molar-refractivity contribution in [1.29, 1.82) is 5.26 Å². The van der Waals surface area contributed by atoms with E-state index < -0.39 is 0 Å². The molecule has 7 rings (SSSR count). The summed E-state index contributed by atoms with van der Waals surface area (Å²) in [5.74, 6) is 1.47. The van der Waals surface area contributed by atoms with Gasteiger partial charge in [-0.2, -0.15) is 15.2 Å². The van der Waals surface area contributed by atoms with Gasteiger partial charge in [0.25, 0.3) is 0 Å². The smallest absolute Gasteiger partial charge is 0.319 e. The molecule has 0 bridgehead atoms. The van der Waals surface area contributed by atoms with Crippen LogP contribution in [0.25, 0.3) is 10.8 Å². The van der Waals surface area contributed by atoms with E-state index in [1.807, 2.05) is 12.1 Å². The number of likely N-dealkylation sites (tertiary alicyclic amines) is 1. The van der Waals surface area contributed by atoms with Crippen molar-refractivity contribution in [3.8, 4) is 17.8 Å². The summed E-state index contributed by atoms with van der Waals surface area (Å²) in [5, 5.41) is 11.9. The van der Waals surface area contributed by atoms with Crippen LogP contribution in [0.2, 0.25) is 0 Å². The Balaban J connectivity index is 1.25. The molecule has 2 saturated heterocycles. The number of fused-ring (bicyclic) bond motifs is 2. The van der Waals surface area contributed by atoms with Crippen LogP contribution in [-0.2, 0) is 22.5 Å². The highest BCUT2D eigenvalue weighted by Gasteiger charge is 2.55. The van der Waals surface area contributed by atoms with E-state index in [2.05, 4.69) is 58.7 Å². The summed E-state index contributed by atoms with van der Waals surface area (Å²) in [4.78, 5) is 31.7. The first kappa shape index (κ1) is 31.2. The first-order valence-corrected chi connectivity index (χ1v) is 16.7.